The Morgan fingerprint density at radius 2 is 1.68 bits per heavy atom. The number of amides is 1. The van der Waals surface area contributed by atoms with Crippen LogP contribution in [-0.4, -0.2) is 33.8 Å². The molecule has 3 aromatic carbocycles. The van der Waals surface area contributed by atoms with E-state index in [0.717, 1.165) is 4.90 Å². The van der Waals surface area contributed by atoms with Crippen LogP contribution in [0.4, 0.5) is 11.4 Å². The van der Waals surface area contributed by atoms with Gasteiger partial charge in [0.15, 0.2) is 0 Å². The summed E-state index contributed by atoms with van der Waals surface area (Å²) in [6.07, 6.45) is 0.624. The van der Waals surface area contributed by atoms with Gasteiger partial charge >= 0.3 is 0 Å². The lowest BCUT2D eigenvalue weighted by atomic mass is 10.2. The number of halogens is 1. The van der Waals surface area contributed by atoms with Crippen LogP contribution in [0.2, 0.25) is 5.02 Å². The minimum Gasteiger partial charge on any atom is -0.497 e. The molecule has 0 saturated heterocycles. The molecule has 2 N–H and O–H groups in total. The first-order valence-electron chi connectivity index (χ1n) is 10.3. The first kappa shape index (κ1) is 25.7. The van der Waals surface area contributed by atoms with Gasteiger partial charge in [0, 0.05) is 21.7 Å². The standard InChI is InChI=1S/C24H25ClN2O5S2/c1-4-23(33-19-10-5-16(25)6-11-19)24(28)26-17-7-12-20(13-8-17)34(29,30)27-21-14-9-18(31-2)15-22(21)32-3/h5-15,23,27H,4H2,1-3H3,(H,26,28)/t23-/m1/s1. The second-order valence-corrected chi connectivity index (χ2v) is 10.5. The van der Waals surface area contributed by atoms with Gasteiger partial charge in [-0.2, -0.15) is 0 Å². The van der Waals surface area contributed by atoms with Gasteiger partial charge in [-0.3, -0.25) is 9.52 Å². The Labute approximate surface area is 208 Å². The Balaban J connectivity index is 1.68. The SMILES string of the molecule is CC[C@@H](Sc1ccc(Cl)cc1)C(=O)Nc1ccc(S(=O)(=O)Nc2ccc(OC)cc2OC)cc1. The van der Waals surface area contributed by atoms with Gasteiger partial charge in [-0.05, 0) is 67.1 Å². The zero-order chi connectivity index (χ0) is 24.7. The van der Waals surface area contributed by atoms with E-state index < -0.39 is 10.0 Å². The third-order valence-corrected chi connectivity index (χ3v) is 7.85. The van der Waals surface area contributed by atoms with Crippen LogP contribution in [0.15, 0.2) is 76.5 Å². The quantitative estimate of drug-likeness (QED) is 0.335. The fraction of sp³-hybridized carbons (Fsp3) is 0.208. The molecule has 0 unspecified atom stereocenters. The Bertz CT molecular complexity index is 1230. The number of sulfonamides is 1. The van der Waals surface area contributed by atoms with Crippen LogP contribution in [-0.2, 0) is 14.8 Å². The van der Waals surface area contributed by atoms with Crippen molar-refractivity contribution in [2.45, 2.75) is 28.4 Å². The van der Waals surface area contributed by atoms with Crippen LogP contribution in [0.5, 0.6) is 11.5 Å². The first-order chi connectivity index (χ1) is 16.2. The largest absolute Gasteiger partial charge is 0.497 e. The maximum absolute atomic E-state index is 12.8. The molecule has 1 amide bonds. The molecule has 1 atom stereocenters. The normalized spacial score (nSPS) is 12.0. The second kappa shape index (κ2) is 11.5. The summed E-state index contributed by atoms with van der Waals surface area (Å²) in [5.74, 6) is 0.703. The summed E-state index contributed by atoms with van der Waals surface area (Å²) in [5, 5.41) is 3.17. The number of thioether (sulfide) groups is 1. The number of hydrogen-bond donors (Lipinski definition) is 2. The number of nitrogens with one attached hydrogen (secondary N) is 2. The number of anilines is 2. The summed E-state index contributed by atoms with van der Waals surface area (Å²) in [6.45, 7) is 1.93. The van der Waals surface area contributed by atoms with E-state index in [0.29, 0.717) is 28.6 Å². The summed E-state index contributed by atoms with van der Waals surface area (Å²) in [5.41, 5.74) is 0.784. The molecule has 0 spiro atoms. The van der Waals surface area contributed by atoms with Gasteiger partial charge in [-0.1, -0.05) is 18.5 Å². The molecule has 3 rings (SSSR count). The maximum Gasteiger partial charge on any atom is 0.262 e. The molecule has 0 heterocycles. The van der Waals surface area contributed by atoms with E-state index in [1.807, 2.05) is 19.1 Å². The number of hydrogen-bond acceptors (Lipinski definition) is 6. The van der Waals surface area contributed by atoms with Crippen LogP contribution in [0.1, 0.15) is 13.3 Å². The van der Waals surface area contributed by atoms with Crippen molar-refractivity contribution in [3.05, 3.63) is 71.8 Å². The van der Waals surface area contributed by atoms with E-state index in [4.69, 9.17) is 21.1 Å². The monoisotopic (exact) mass is 520 g/mol. The molecule has 10 heteroatoms. The number of carbonyl (C=O) groups excluding carboxylic acids is 1. The molecule has 3 aromatic rings. The van der Waals surface area contributed by atoms with Gasteiger partial charge in [-0.15, -0.1) is 11.8 Å². The van der Waals surface area contributed by atoms with Crippen LogP contribution in [0.25, 0.3) is 0 Å². The molecule has 0 radical (unpaired) electrons. The Hall–Kier alpha value is -2.88. The molecule has 0 saturated carbocycles. The topological polar surface area (TPSA) is 93.7 Å². The van der Waals surface area contributed by atoms with E-state index >= 15 is 0 Å². The Kier molecular flexibility index (Phi) is 8.71. The average Bonchev–Trinajstić information content (AvgIpc) is 2.84. The minimum atomic E-state index is -3.87. The molecule has 34 heavy (non-hydrogen) atoms. The second-order valence-electron chi connectivity index (χ2n) is 7.15. The number of benzene rings is 3. The smallest absolute Gasteiger partial charge is 0.262 e. The third-order valence-electron chi connectivity index (χ3n) is 4.84. The van der Waals surface area contributed by atoms with Crippen molar-refractivity contribution in [3.8, 4) is 11.5 Å². The van der Waals surface area contributed by atoms with Crippen molar-refractivity contribution in [1.29, 1.82) is 0 Å². The van der Waals surface area contributed by atoms with Gasteiger partial charge < -0.3 is 14.8 Å². The first-order valence-corrected chi connectivity index (χ1v) is 13.1. The lowest BCUT2D eigenvalue weighted by Crippen LogP contribution is -2.24. The molecular formula is C24H25ClN2O5S2. The maximum atomic E-state index is 12.8. The van der Waals surface area contributed by atoms with Crippen LogP contribution in [0.3, 0.4) is 0 Å². The van der Waals surface area contributed by atoms with Crippen molar-refractivity contribution < 1.29 is 22.7 Å². The van der Waals surface area contributed by atoms with Crippen molar-refractivity contribution in [2.75, 3.05) is 24.3 Å². The van der Waals surface area contributed by atoms with E-state index in [1.54, 1.807) is 42.5 Å². The van der Waals surface area contributed by atoms with Crippen molar-refractivity contribution in [3.63, 3.8) is 0 Å². The van der Waals surface area contributed by atoms with E-state index in [9.17, 15) is 13.2 Å². The summed E-state index contributed by atoms with van der Waals surface area (Å²) < 4.78 is 38.6. The van der Waals surface area contributed by atoms with Gasteiger partial charge in [0.2, 0.25) is 5.91 Å². The summed E-state index contributed by atoms with van der Waals surface area (Å²) in [7, 11) is -0.919. The molecule has 180 valence electrons. The summed E-state index contributed by atoms with van der Waals surface area (Å²) in [4.78, 5) is 13.7. The lowest BCUT2D eigenvalue weighted by molar-refractivity contribution is -0.115. The number of rotatable bonds is 10. The van der Waals surface area contributed by atoms with Crippen LogP contribution >= 0.6 is 23.4 Å². The Morgan fingerprint density at radius 1 is 1.00 bits per heavy atom. The molecule has 0 aliphatic heterocycles. The van der Waals surface area contributed by atoms with Gasteiger partial charge in [0.05, 0.1) is 30.1 Å². The molecule has 0 aromatic heterocycles. The summed E-state index contributed by atoms with van der Waals surface area (Å²) in [6, 6.07) is 18.0. The van der Waals surface area contributed by atoms with E-state index in [1.165, 1.54) is 38.1 Å². The predicted octanol–water partition coefficient (Wildman–Crippen LogP) is 5.67. The number of ether oxygens (including phenoxy) is 2. The Morgan fingerprint density at radius 3 is 2.26 bits per heavy atom. The third kappa shape index (κ3) is 6.59. The van der Waals surface area contributed by atoms with Crippen LogP contribution < -0.4 is 19.5 Å². The predicted molar refractivity (Wildman–Crippen MR) is 137 cm³/mol. The number of methoxy groups -OCH3 is 2. The van der Waals surface area contributed by atoms with Crippen molar-refractivity contribution in [2.24, 2.45) is 0 Å². The zero-order valence-corrected chi connectivity index (χ0v) is 21.3. The lowest BCUT2D eigenvalue weighted by Gasteiger charge is -2.15. The van der Waals surface area contributed by atoms with Crippen LogP contribution in [0, 0.1) is 0 Å². The molecule has 0 fully saturated rings. The molecular weight excluding hydrogens is 496 g/mol. The highest BCUT2D eigenvalue weighted by molar-refractivity contribution is 8.00. The van der Waals surface area contributed by atoms with Gasteiger partial charge in [0.25, 0.3) is 10.0 Å². The molecule has 0 bridgehead atoms. The molecule has 0 aliphatic carbocycles. The highest BCUT2D eigenvalue weighted by Gasteiger charge is 2.20. The fourth-order valence-corrected chi connectivity index (χ4v) is 5.18. The zero-order valence-electron chi connectivity index (χ0n) is 18.9. The molecule has 7 nitrogen and oxygen atoms in total. The fourth-order valence-electron chi connectivity index (χ4n) is 3.03. The minimum absolute atomic E-state index is 0.0472. The van der Waals surface area contributed by atoms with E-state index in [-0.39, 0.29) is 21.7 Å². The van der Waals surface area contributed by atoms with Crippen molar-refractivity contribution in [1.82, 2.24) is 0 Å². The van der Waals surface area contributed by atoms with Gasteiger partial charge in [0.1, 0.15) is 11.5 Å². The summed E-state index contributed by atoms with van der Waals surface area (Å²) >= 11 is 7.36. The van der Waals surface area contributed by atoms with Gasteiger partial charge in [-0.25, -0.2) is 8.42 Å². The average molecular weight is 521 g/mol. The molecule has 0 aliphatic rings. The van der Waals surface area contributed by atoms with E-state index in [2.05, 4.69) is 10.0 Å². The number of carbonyl (C=O) groups is 1. The highest BCUT2D eigenvalue weighted by atomic mass is 35.5. The highest BCUT2D eigenvalue weighted by Crippen LogP contribution is 2.31. The van der Waals surface area contributed by atoms with Crippen molar-refractivity contribution >= 4 is 50.7 Å².